The largest absolute Gasteiger partial charge is 0.339 e. The highest BCUT2D eigenvalue weighted by molar-refractivity contribution is 5.94. The number of hydrogen-bond donors (Lipinski definition) is 1. The number of piperidine rings is 1. The van der Waals surface area contributed by atoms with Gasteiger partial charge in [-0.05, 0) is 50.3 Å². The normalized spacial score (nSPS) is 18.7. The Bertz CT molecular complexity index is 549. The first kappa shape index (κ1) is 18.1. The second-order valence-corrected chi connectivity index (χ2v) is 6.17. The van der Waals surface area contributed by atoms with E-state index in [0.717, 1.165) is 37.4 Å². The van der Waals surface area contributed by atoms with Crippen molar-refractivity contribution in [3.63, 3.8) is 0 Å². The van der Waals surface area contributed by atoms with Gasteiger partial charge in [0.15, 0.2) is 17.5 Å². The van der Waals surface area contributed by atoms with Gasteiger partial charge in [0, 0.05) is 24.7 Å². The van der Waals surface area contributed by atoms with Gasteiger partial charge in [0.05, 0.1) is 0 Å². The predicted molar refractivity (Wildman–Crippen MR) is 83.2 cm³/mol. The van der Waals surface area contributed by atoms with Crippen LogP contribution in [0.5, 0.6) is 0 Å². The lowest BCUT2D eigenvalue weighted by molar-refractivity contribution is 0.0703. The third-order valence-electron chi connectivity index (χ3n) is 4.41. The van der Waals surface area contributed by atoms with Crippen LogP contribution in [0.3, 0.4) is 0 Å². The number of nitrogens with zero attached hydrogens (tertiary/aromatic N) is 1. The van der Waals surface area contributed by atoms with Crippen LogP contribution in [0.25, 0.3) is 0 Å². The van der Waals surface area contributed by atoms with Crippen LogP contribution in [0.15, 0.2) is 12.1 Å². The molecule has 0 bridgehead atoms. The fourth-order valence-electron chi connectivity index (χ4n) is 2.80. The average Bonchev–Trinajstić information content (AvgIpc) is 3.34. The molecule has 7 heteroatoms. The lowest BCUT2D eigenvalue weighted by Crippen LogP contribution is -2.45. The molecular formula is C16H20ClF3N2O. The van der Waals surface area contributed by atoms with E-state index < -0.39 is 23.4 Å². The van der Waals surface area contributed by atoms with Gasteiger partial charge in [-0.15, -0.1) is 12.4 Å². The summed E-state index contributed by atoms with van der Waals surface area (Å²) in [5.74, 6) is -3.84. The Hall–Kier alpha value is -1.27. The Morgan fingerprint density at radius 1 is 1.09 bits per heavy atom. The molecule has 0 atom stereocenters. The van der Waals surface area contributed by atoms with Crippen molar-refractivity contribution in [3.05, 3.63) is 35.1 Å². The van der Waals surface area contributed by atoms with Crippen molar-refractivity contribution in [2.75, 3.05) is 19.6 Å². The molecule has 1 saturated heterocycles. The summed E-state index contributed by atoms with van der Waals surface area (Å²) in [6.45, 7) is 2.12. The lowest BCUT2D eigenvalue weighted by Gasteiger charge is -2.32. The zero-order valence-electron chi connectivity index (χ0n) is 12.7. The molecule has 1 amide bonds. The van der Waals surface area contributed by atoms with Gasteiger partial charge in [-0.2, -0.15) is 0 Å². The second-order valence-electron chi connectivity index (χ2n) is 6.17. The molecule has 1 aromatic rings. The van der Waals surface area contributed by atoms with Crippen molar-refractivity contribution >= 4 is 18.3 Å². The smallest absolute Gasteiger partial charge is 0.254 e. The minimum atomic E-state index is -1.54. The van der Waals surface area contributed by atoms with Crippen LogP contribution in [0.4, 0.5) is 13.2 Å². The second kappa shape index (κ2) is 7.53. The van der Waals surface area contributed by atoms with Gasteiger partial charge < -0.3 is 10.2 Å². The first-order valence-electron chi connectivity index (χ1n) is 7.72. The summed E-state index contributed by atoms with van der Waals surface area (Å²) in [7, 11) is 0. The molecule has 0 radical (unpaired) electrons. The summed E-state index contributed by atoms with van der Waals surface area (Å²) in [5.41, 5.74) is -0.138. The van der Waals surface area contributed by atoms with Crippen LogP contribution in [-0.4, -0.2) is 36.5 Å². The molecule has 0 unspecified atom stereocenters. The highest BCUT2D eigenvalue weighted by Crippen LogP contribution is 2.28. The van der Waals surface area contributed by atoms with Gasteiger partial charge in [0.25, 0.3) is 5.91 Å². The molecule has 0 aromatic heterocycles. The Labute approximate surface area is 139 Å². The summed E-state index contributed by atoms with van der Waals surface area (Å²) in [5, 5.41) is 3.50. The molecule has 1 heterocycles. The van der Waals surface area contributed by atoms with E-state index in [4.69, 9.17) is 0 Å². The number of halogens is 4. The summed E-state index contributed by atoms with van der Waals surface area (Å²) in [6, 6.07) is 1.92. The van der Waals surface area contributed by atoms with Gasteiger partial charge in [0.2, 0.25) is 0 Å². The summed E-state index contributed by atoms with van der Waals surface area (Å²) in [4.78, 5) is 13.8. The van der Waals surface area contributed by atoms with Gasteiger partial charge >= 0.3 is 0 Å². The van der Waals surface area contributed by atoms with E-state index in [1.807, 2.05) is 0 Å². The number of amides is 1. The SMILES string of the molecule is Cl.O=C(c1cc(F)c(F)c(F)c1)N1CCC(NCC2CC2)CC1. The molecule has 3 nitrogen and oxygen atoms in total. The first-order valence-corrected chi connectivity index (χ1v) is 7.72. The highest BCUT2D eigenvalue weighted by atomic mass is 35.5. The van der Waals surface area contributed by atoms with Crippen LogP contribution >= 0.6 is 12.4 Å². The Balaban J connectivity index is 0.00000192. The molecular weight excluding hydrogens is 329 g/mol. The predicted octanol–water partition coefficient (Wildman–Crippen LogP) is 3.13. The van der Waals surface area contributed by atoms with Crippen molar-refractivity contribution in [1.29, 1.82) is 0 Å². The average molecular weight is 349 g/mol. The minimum Gasteiger partial charge on any atom is -0.339 e. The molecule has 1 aromatic carbocycles. The van der Waals surface area contributed by atoms with E-state index >= 15 is 0 Å². The summed E-state index contributed by atoms with van der Waals surface area (Å²) in [6.07, 6.45) is 4.24. The van der Waals surface area contributed by atoms with Crippen molar-refractivity contribution in [2.24, 2.45) is 5.92 Å². The molecule has 1 saturated carbocycles. The van der Waals surface area contributed by atoms with E-state index in [-0.39, 0.29) is 18.0 Å². The lowest BCUT2D eigenvalue weighted by atomic mass is 10.0. The zero-order valence-corrected chi connectivity index (χ0v) is 13.5. The Morgan fingerprint density at radius 2 is 1.65 bits per heavy atom. The van der Waals surface area contributed by atoms with Crippen LogP contribution in [-0.2, 0) is 0 Å². The Morgan fingerprint density at radius 3 is 2.17 bits per heavy atom. The molecule has 0 spiro atoms. The van der Waals surface area contributed by atoms with Crippen molar-refractivity contribution in [3.8, 4) is 0 Å². The molecule has 2 aliphatic rings. The van der Waals surface area contributed by atoms with Crippen molar-refractivity contribution < 1.29 is 18.0 Å². The number of carbonyl (C=O) groups excluding carboxylic acids is 1. The van der Waals surface area contributed by atoms with Gasteiger partial charge in [-0.1, -0.05) is 0 Å². The van der Waals surface area contributed by atoms with E-state index in [1.165, 1.54) is 12.8 Å². The number of likely N-dealkylation sites (tertiary alicyclic amines) is 1. The van der Waals surface area contributed by atoms with Crippen LogP contribution in [0, 0.1) is 23.4 Å². The number of benzene rings is 1. The topological polar surface area (TPSA) is 32.3 Å². The highest BCUT2D eigenvalue weighted by Gasteiger charge is 2.27. The van der Waals surface area contributed by atoms with E-state index in [2.05, 4.69) is 5.32 Å². The Kier molecular flexibility index (Phi) is 5.92. The monoisotopic (exact) mass is 348 g/mol. The standard InChI is InChI=1S/C16H19F3N2O.ClH/c17-13-7-11(8-14(18)15(13)19)16(22)21-5-3-12(4-6-21)20-9-10-1-2-10;/h7-8,10,12,20H,1-6,9H2;1H. The molecule has 128 valence electrons. The molecule has 2 fully saturated rings. The zero-order chi connectivity index (χ0) is 15.7. The maximum absolute atomic E-state index is 13.2. The third-order valence-corrected chi connectivity index (χ3v) is 4.41. The molecule has 23 heavy (non-hydrogen) atoms. The number of hydrogen-bond acceptors (Lipinski definition) is 2. The van der Waals surface area contributed by atoms with Gasteiger partial charge in [0.1, 0.15) is 0 Å². The van der Waals surface area contributed by atoms with Crippen molar-refractivity contribution in [2.45, 2.75) is 31.7 Å². The molecule has 1 aliphatic heterocycles. The van der Waals surface area contributed by atoms with Crippen LogP contribution < -0.4 is 5.32 Å². The molecule has 1 aliphatic carbocycles. The third kappa shape index (κ3) is 4.38. The number of rotatable bonds is 4. The number of carbonyl (C=O) groups is 1. The first-order chi connectivity index (χ1) is 10.5. The maximum Gasteiger partial charge on any atom is 0.254 e. The molecule has 3 rings (SSSR count). The quantitative estimate of drug-likeness (QED) is 0.848. The van der Waals surface area contributed by atoms with Gasteiger partial charge in [-0.3, -0.25) is 4.79 Å². The fraction of sp³-hybridized carbons (Fsp3) is 0.562. The minimum absolute atomic E-state index is 0. The van der Waals surface area contributed by atoms with Crippen LogP contribution in [0.1, 0.15) is 36.0 Å². The summed E-state index contributed by atoms with van der Waals surface area (Å²) >= 11 is 0. The van der Waals surface area contributed by atoms with E-state index in [1.54, 1.807) is 4.90 Å². The van der Waals surface area contributed by atoms with Gasteiger partial charge in [-0.25, -0.2) is 13.2 Å². The van der Waals surface area contributed by atoms with Crippen LogP contribution in [0.2, 0.25) is 0 Å². The maximum atomic E-state index is 13.2. The molecule has 1 N–H and O–H groups in total. The fourth-order valence-corrected chi connectivity index (χ4v) is 2.80. The van der Waals surface area contributed by atoms with E-state index in [9.17, 15) is 18.0 Å². The number of nitrogens with one attached hydrogen (secondary N) is 1. The summed E-state index contributed by atoms with van der Waals surface area (Å²) < 4.78 is 39.4. The van der Waals surface area contributed by atoms with E-state index in [0.29, 0.717) is 19.1 Å². The van der Waals surface area contributed by atoms with Crippen molar-refractivity contribution in [1.82, 2.24) is 10.2 Å².